The summed E-state index contributed by atoms with van der Waals surface area (Å²) in [5.74, 6) is 0.757. The normalized spacial score (nSPS) is 11.8. The van der Waals surface area contributed by atoms with Gasteiger partial charge < -0.3 is 15.0 Å². The summed E-state index contributed by atoms with van der Waals surface area (Å²) < 4.78 is 5.28. The lowest BCUT2D eigenvalue weighted by Crippen LogP contribution is -3.08. The molecule has 1 unspecified atom stereocenters. The largest absolute Gasteiger partial charge is 0.496 e. The zero-order valence-electron chi connectivity index (χ0n) is 13.7. The number of carbonyl (C=O) groups is 1. The van der Waals surface area contributed by atoms with Gasteiger partial charge in [-0.3, -0.25) is 4.79 Å². The molecule has 4 nitrogen and oxygen atoms in total. The summed E-state index contributed by atoms with van der Waals surface area (Å²) in [4.78, 5) is 13.2. The summed E-state index contributed by atoms with van der Waals surface area (Å²) in [6.45, 7) is 1.51. The first-order chi connectivity index (χ1) is 11.5. The van der Waals surface area contributed by atoms with Gasteiger partial charge in [-0.2, -0.15) is 0 Å². The van der Waals surface area contributed by atoms with E-state index in [-0.39, 0.29) is 5.91 Å². The van der Waals surface area contributed by atoms with Crippen molar-refractivity contribution in [2.45, 2.75) is 13.1 Å². The number of ether oxygens (including phenoxy) is 1. The molecule has 0 aliphatic carbocycles. The first-order valence-electron chi connectivity index (χ1n) is 7.63. The van der Waals surface area contributed by atoms with Crippen molar-refractivity contribution >= 4 is 29.1 Å². The third-order valence-corrected chi connectivity index (χ3v) is 4.36. The van der Waals surface area contributed by atoms with E-state index in [4.69, 9.17) is 27.9 Å². The van der Waals surface area contributed by atoms with Gasteiger partial charge in [0.25, 0.3) is 5.91 Å². The quantitative estimate of drug-likeness (QED) is 0.788. The number of amides is 1. The Morgan fingerprint density at radius 2 is 1.92 bits per heavy atom. The van der Waals surface area contributed by atoms with E-state index in [9.17, 15) is 4.79 Å². The van der Waals surface area contributed by atoms with E-state index in [1.54, 1.807) is 13.2 Å². The number of hydrogen-bond acceptors (Lipinski definition) is 2. The summed E-state index contributed by atoms with van der Waals surface area (Å²) in [7, 11) is 3.58. The molecule has 2 N–H and O–H groups in total. The van der Waals surface area contributed by atoms with E-state index in [1.165, 1.54) is 0 Å². The zero-order chi connectivity index (χ0) is 17.5. The maximum atomic E-state index is 12.1. The van der Waals surface area contributed by atoms with Gasteiger partial charge >= 0.3 is 0 Å². The molecule has 1 atom stereocenters. The second-order valence-electron chi connectivity index (χ2n) is 5.65. The number of para-hydroxylation sites is 1. The van der Waals surface area contributed by atoms with Crippen molar-refractivity contribution in [2.75, 3.05) is 20.7 Å². The highest BCUT2D eigenvalue weighted by Gasteiger charge is 2.12. The number of methoxy groups -OCH3 is 1. The molecule has 24 heavy (non-hydrogen) atoms. The molecule has 128 valence electrons. The van der Waals surface area contributed by atoms with Crippen LogP contribution >= 0.6 is 23.2 Å². The van der Waals surface area contributed by atoms with E-state index in [0.29, 0.717) is 29.7 Å². The van der Waals surface area contributed by atoms with Gasteiger partial charge in [0.2, 0.25) is 0 Å². The standard InChI is InChI=1S/C18H20Cl2N2O2/c1-22(11-13-7-8-15(19)16(20)9-13)12-18(23)21-10-14-5-3-4-6-17(14)24-2/h3-9H,10-12H2,1-2H3,(H,21,23)/p+1. The highest BCUT2D eigenvalue weighted by atomic mass is 35.5. The molecule has 1 amide bonds. The molecular formula is C18H21Cl2N2O2+. The average Bonchev–Trinajstić information content (AvgIpc) is 2.56. The highest BCUT2D eigenvalue weighted by molar-refractivity contribution is 6.42. The van der Waals surface area contributed by atoms with Crippen molar-refractivity contribution in [3.8, 4) is 5.75 Å². The van der Waals surface area contributed by atoms with Crippen LogP contribution in [0, 0.1) is 0 Å². The highest BCUT2D eigenvalue weighted by Crippen LogP contribution is 2.22. The van der Waals surface area contributed by atoms with E-state index >= 15 is 0 Å². The SMILES string of the molecule is COc1ccccc1CNC(=O)C[NH+](C)Cc1ccc(Cl)c(Cl)c1. The van der Waals surface area contributed by atoms with Crippen LogP contribution in [0.1, 0.15) is 11.1 Å². The van der Waals surface area contributed by atoms with Gasteiger partial charge in [-0.15, -0.1) is 0 Å². The lowest BCUT2D eigenvalue weighted by molar-refractivity contribution is -0.885. The van der Waals surface area contributed by atoms with Gasteiger partial charge in [0.15, 0.2) is 6.54 Å². The van der Waals surface area contributed by atoms with Crippen molar-refractivity contribution in [3.05, 3.63) is 63.6 Å². The molecule has 2 rings (SSSR count). The summed E-state index contributed by atoms with van der Waals surface area (Å²) in [6, 6.07) is 13.2. The van der Waals surface area contributed by atoms with Crippen molar-refractivity contribution < 1.29 is 14.4 Å². The maximum Gasteiger partial charge on any atom is 0.275 e. The molecule has 0 bridgehead atoms. The Hall–Kier alpha value is -1.75. The van der Waals surface area contributed by atoms with Crippen LogP contribution in [0.2, 0.25) is 10.0 Å². The smallest absolute Gasteiger partial charge is 0.275 e. The van der Waals surface area contributed by atoms with Crippen LogP contribution in [0.25, 0.3) is 0 Å². The van der Waals surface area contributed by atoms with Crippen LogP contribution in [-0.2, 0) is 17.9 Å². The third kappa shape index (κ3) is 5.41. The van der Waals surface area contributed by atoms with Crippen LogP contribution in [-0.4, -0.2) is 26.6 Å². The van der Waals surface area contributed by atoms with Gasteiger partial charge in [0, 0.05) is 17.7 Å². The van der Waals surface area contributed by atoms with E-state index < -0.39 is 0 Å². The van der Waals surface area contributed by atoms with Crippen LogP contribution in [0.3, 0.4) is 0 Å². The maximum absolute atomic E-state index is 12.1. The number of benzene rings is 2. The average molecular weight is 368 g/mol. The zero-order valence-corrected chi connectivity index (χ0v) is 15.2. The Balaban J connectivity index is 1.84. The fourth-order valence-electron chi connectivity index (χ4n) is 2.44. The molecule has 2 aromatic carbocycles. The second kappa shape index (κ2) is 8.92. The second-order valence-corrected chi connectivity index (χ2v) is 6.46. The topological polar surface area (TPSA) is 42.8 Å². The van der Waals surface area contributed by atoms with E-state index in [0.717, 1.165) is 21.8 Å². The Morgan fingerprint density at radius 1 is 1.17 bits per heavy atom. The van der Waals surface area contributed by atoms with E-state index in [1.807, 2.05) is 43.4 Å². The number of likely N-dealkylation sites (N-methyl/N-ethyl adjacent to an activating group) is 1. The minimum Gasteiger partial charge on any atom is -0.496 e. The van der Waals surface area contributed by atoms with Gasteiger partial charge in [-0.1, -0.05) is 47.5 Å². The minimum atomic E-state index is -0.0153. The number of nitrogens with one attached hydrogen (secondary N) is 2. The lowest BCUT2D eigenvalue weighted by atomic mass is 10.2. The van der Waals surface area contributed by atoms with Gasteiger partial charge in [0.1, 0.15) is 12.3 Å². The third-order valence-electron chi connectivity index (χ3n) is 3.62. The molecule has 0 aromatic heterocycles. The predicted octanol–water partition coefficient (Wildman–Crippen LogP) is 2.33. The van der Waals surface area contributed by atoms with Crippen LogP contribution in [0.5, 0.6) is 5.75 Å². The Bertz CT molecular complexity index is 707. The summed E-state index contributed by atoms with van der Waals surface area (Å²) in [5.41, 5.74) is 2.00. The van der Waals surface area contributed by atoms with Crippen LogP contribution in [0.15, 0.2) is 42.5 Å². The van der Waals surface area contributed by atoms with Crippen molar-refractivity contribution in [1.82, 2.24) is 5.32 Å². The molecule has 0 fully saturated rings. The van der Waals surface area contributed by atoms with Crippen molar-refractivity contribution in [3.63, 3.8) is 0 Å². The molecule has 6 heteroatoms. The number of quaternary nitrogens is 1. The molecule has 0 aliphatic heterocycles. The van der Waals surface area contributed by atoms with Crippen LogP contribution < -0.4 is 15.0 Å². The van der Waals surface area contributed by atoms with Gasteiger partial charge in [0.05, 0.1) is 24.2 Å². The summed E-state index contributed by atoms with van der Waals surface area (Å²) in [5, 5.41) is 3.99. The molecule has 2 aromatic rings. The first-order valence-corrected chi connectivity index (χ1v) is 8.39. The molecular weight excluding hydrogens is 347 g/mol. The summed E-state index contributed by atoms with van der Waals surface area (Å²) >= 11 is 11.9. The lowest BCUT2D eigenvalue weighted by Gasteiger charge is -2.15. The fraction of sp³-hybridized carbons (Fsp3) is 0.278. The van der Waals surface area contributed by atoms with Crippen LogP contribution in [0.4, 0.5) is 0 Å². The van der Waals surface area contributed by atoms with Crippen molar-refractivity contribution in [2.24, 2.45) is 0 Å². The molecule has 0 saturated heterocycles. The monoisotopic (exact) mass is 367 g/mol. The minimum absolute atomic E-state index is 0.0153. The molecule has 0 heterocycles. The molecule has 0 spiro atoms. The Morgan fingerprint density at radius 3 is 2.62 bits per heavy atom. The number of hydrogen-bond donors (Lipinski definition) is 2. The Kier molecular flexibility index (Phi) is 6.91. The molecule has 0 saturated carbocycles. The summed E-state index contributed by atoms with van der Waals surface area (Å²) in [6.07, 6.45) is 0. The number of carbonyl (C=O) groups excluding carboxylic acids is 1. The van der Waals surface area contributed by atoms with E-state index in [2.05, 4.69) is 5.32 Å². The van der Waals surface area contributed by atoms with Crippen molar-refractivity contribution in [1.29, 1.82) is 0 Å². The Labute approximate surface area is 152 Å². The van der Waals surface area contributed by atoms with Gasteiger partial charge in [-0.05, 0) is 18.2 Å². The predicted molar refractivity (Wildman–Crippen MR) is 96.8 cm³/mol. The fourth-order valence-corrected chi connectivity index (χ4v) is 2.76. The number of rotatable bonds is 7. The first kappa shape index (κ1) is 18.6. The number of halogens is 2. The molecule has 0 radical (unpaired) electrons. The molecule has 0 aliphatic rings. The van der Waals surface area contributed by atoms with Gasteiger partial charge in [-0.25, -0.2) is 0 Å².